The van der Waals surface area contributed by atoms with Crippen LogP contribution < -0.4 is 5.32 Å². The molecule has 0 aromatic carbocycles. The lowest BCUT2D eigenvalue weighted by Crippen LogP contribution is -2.00. The Bertz CT molecular complexity index is 448. The van der Waals surface area contributed by atoms with E-state index in [4.69, 9.17) is 0 Å². The predicted molar refractivity (Wildman–Crippen MR) is 75.4 cm³/mol. The third-order valence-corrected chi connectivity index (χ3v) is 2.94. The lowest BCUT2D eigenvalue weighted by atomic mass is 10.0. The van der Waals surface area contributed by atoms with E-state index in [-0.39, 0.29) is 0 Å². The number of nitrogens with one attached hydrogen (secondary N) is 1. The summed E-state index contributed by atoms with van der Waals surface area (Å²) in [5.41, 5.74) is 4.96. The van der Waals surface area contributed by atoms with E-state index >= 15 is 0 Å². The van der Waals surface area contributed by atoms with Gasteiger partial charge in [-0.25, -0.2) is 0 Å². The van der Waals surface area contributed by atoms with E-state index < -0.39 is 0 Å². The highest BCUT2D eigenvalue weighted by Gasteiger charge is 2.06. The Morgan fingerprint density at radius 3 is 2.65 bits per heavy atom. The first-order valence-electron chi connectivity index (χ1n) is 6.04. The quantitative estimate of drug-likeness (QED) is 0.572. The van der Waals surface area contributed by atoms with Crippen LogP contribution in [0.25, 0.3) is 0 Å². The first kappa shape index (κ1) is 13.4. The molecule has 90 valence electrons. The minimum absolute atomic E-state index is 1.11. The van der Waals surface area contributed by atoms with Crippen LogP contribution in [0.4, 0.5) is 0 Å². The molecule has 0 aromatic heterocycles. The fourth-order valence-electron chi connectivity index (χ4n) is 1.72. The van der Waals surface area contributed by atoms with Gasteiger partial charge in [0.1, 0.15) is 0 Å². The molecule has 0 spiro atoms. The highest BCUT2D eigenvalue weighted by atomic mass is 14.8. The zero-order valence-electron chi connectivity index (χ0n) is 11.2. The molecule has 1 aliphatic carbocycles. The summed E-state index contributed by atoms with van der Waals surface area (Å²) in [6, 6.07) is 0. The van der Waals surface area contributed by atoms with Crippen LogP contribution in [0.3, 0.4) is 0 Å². The summed E-state index contributed by atoms with van der Waals surface area (Å²) in [6.45, 7) is 6.08. The monoisotopic (exact) mass is 227 g/mol. The standard InChI is InChI=1S/C16H21N/c1-5-8-15(12-11-13(2)17-4)14(3)16-9-6-7-10-16/h6,9,11-12,17H,7,10H2,1-4H3/b13-11+,15-12+,16-14-. The highest BCUT2D eigenvalue weighted by molar-refractivity contribution is 5.51. The molecule has 1 nitrogen and oxygen atoms in total. The van der Waals surface area contributed by atoms with Gasteiger partial charge in [0.2, 0.25) is 0 Å². The van der Waals surface area contributed by atoms with E-state index in [9.17, 15) is 0 Å². The Hall–Kier alpha value is -1.68. The lowest BCUT2D eigenvalue weighted by Gasteiger charge is -2.04. The van der Waals surface area contributed by atoms with Gasteiger partial charge in [-0.3, -0.25) is 0 Å². The second-order valence-corrected chi connectivity index (χ2v) is 4.15. The number of rotatable bonds is 3. The van der Waals surface area contributed by atoms with Gasteiger partial charge < -0.3 is 5.32 Å². The average Bonchev–Trinajstić information content (AvgIpc) is 2.86. The van der Waals surface area contributed by atoms with Crippen molar-refractivity contribution in [3.8, 4) is 11.8 Å². The van der Waals surface area contributed by atoms with Crippen LogP contribution in [0.2, 0.25) is 0 Å². The zero-order valence-corrected chi connectivity index (χ0v) is 11.2. The number of allylic oxidation sites excluding steroid dienone is 8. The van der Waals surface area contributed by atoms with Crippen molar-refractivity contribution in [1.29, 1.82) is 0 Å². The molecule has 0 fully saturated rings. The first-order chi connectivity index (χ1) is 8.19. The largest absolute Gasteiger partial charge is 0.392 e. The molecular formula is C16H21N. The van der Waals surface area contributed by atoms with E-state index in [1.807, 2.05) is 20.9 Å². The van der Waals surface area contributed by atoms with Gasteiger partial charge in [0.05, 0.1) is 0 Å². The lowest BCUT2D eigenvalue weighted by molar-refractivity contribution is 0.990. The average molecular weight is 227 g/mol. The van der Waals surface area contributed by atoms with Crippen molar-refractivity contribution in [2.24, 2.45) is 0 Å². The zero-order chi connectivity index (χ0) is 12.7. The summed E-state index contributed by atoms with van der Waals surface area (Å²) in [5, 5.41) is 3.11. The van der Waals surface area contributed by atoms with E-state index in [1.165, 1.54) is 11.1 Å². The van der Waals surface area contributed by atoms with Crippen LogP contribution in [0.1, 0.15) is 33.6 Å². The van der Waals surface area contributed by atoms with Gasteiger partial charge in [-0.15, -0.1) is 5.92 Å². The fourth-order valence-corrected chi connectivity index (χ4v) is 1.72. The van der Waals surface area contributed by atoms with Gasteiger partial charge in [-0.2, -0.15) is 0 Å². The summed E-state index contributed by atoms with van der Waals surface area (Å²) >= 11 is 0. The minimum Gasteiger partial charge on any atom is -0.392 e. The van der Waals surface area contributed by atoms with Gasteiger partial charge in [0, 0.05) is 18.3 Å². The van der Waals surface area contributed by atoms with Crippen LogP contribution >= 0.6 is 0 Å². The fraction of sp³-hybridized carbons (Fsp3) is 0.375. The molecular weight excluding hydrogens is 206 g/mol. The summed E-state index contributed by atoms with van der Waals surface area (Å²) in [4.78, 5) is 0. The van der Waals surface area contributed by atoms with Crippen molar-refractivity contribution in [2.75, 3.05) is 7.05 Å². The maximum absolute atomic E-state index is 3.19. The van der Waals surface area contributed by atoms with Crippen molar-refractivity contribution < 1.29 is 0 Å². The number of hydrogen-bond acceptors (Lipinski definition) is 1. The molecule has 1 rings (SSSR count). The van der Waals surface area contributed by atoms with Crippen molar-refractivity contribution in [2.45, 2.75) is 33.6 Å². The Kier molecular flexibility index (Phi) is 5.36. The van der Waals surface area contributed by atoms with Gasteiger partial charge in [-0.1, -0.05) is 18.1 Å². The molecule has 0 bridgehead atoms. The maximum Gasteiger partial charge on any atom is 0.0277 e. The van der Waals surface area contributed by atoms with Gasteiger partial charge in [-0.05, 0) is 56.9 Å². The smallest absolute Gasteiger partial charge is 0.0277 e. The molecule has 0 amide bonds. The maximum atomic E-state index is 3.19. The van der Waals surface area contributed by atoms with Gasteiger partial charge in [0.15, 0.2) is 0 Å². The molecule has 1 N–H and O–H groups in total. The third kappa shape index (κ3) is 4.00. The molecule has 0 saturated heterocycles. The van der Waals surface area contributed by atoms with Crippen LogP contribution in [-0.4, -0.2) is 7.05 Å². The summed E-state index contributed by atoms with van der Waals surface area (Å²) in [7, 11) is 1.93. The van der Waals surface area contributed by atoms with Crippen molar-refractivity contribution in [1.82, 2.24) is 5.32 Å². The Morgan fingerprint density at radius 1 is 1.35 bits per heavy atom. The second-order valence-electron chi connectivity index (χ2n) is 4.15. The molecule has 0 radical (unpaired) electrons. The van der Waals surface area contributed by atoms with Crippen molar-refractivity contribution in [3.63, 3.8) is 0 Å². The van der Waals surface area contributed by atoms with E-state index in [1.54, 1.807) is 0 Å². The van der Waals surface area contributed by atoms with Crippen LogP contribution in [0, 0.1) is 11.8 Å². The minimum atomic E-state index is 1.11. The summed E-state index contributed by atoms with van der Waals surface area (Å²) in [5.74, 6) is 6.17. The van der Waals surface area contributed by atoms with E-state index in [0.717, 1.165) is 24.1 Å². The molecule has 0 atom stereocenters. The SMILES string of the molecule is CC#CC(=C\C=C(/C)NC)/C(C)=C1/C=CCC1. The number of hydrogen-bond donors (Lipinski definition) is 1. The Labute approximate surface area is 105 Å². The topological polar surface area (TPSA) is 12.0 Å². The predicted octanol–water partition coefficient (Wildman–Crippen LogP) is 3.73. The molecule has 1 aliphatic rings. The third-order valence-electron chi connectivity index (χ3n) is 2.94. The van der Waals surface area contributed by atoms with E-state index in [2.05, 4.69) is 48.4 Å². The van der Waals surface area contributed by atoms with E-state index in [0.29, 0.717) is 0 Å². The van der Waals surface area contributed by atoms with Crippen molar-refractivity contribution in [3.05, 3.63) is 46.7 Å². The molecule has 0 heterocycles. The van der Waals surface area contributed by atoms with Crippen molar-refractivity contribution >= 4 is 0 Å². The summed E-state index contributed by atoms with van der Waals surface area (Å²) in [6.07, 6.45) is 10.9. The Morgan fingerprint density at radius 2 is 2.12 bits per heavy atom. The molecule has 0 aliphatic heterocycles. The summed E-state index contributed by atoms with van der Waals surface area (Å²) < 4.78 is 0. The first-order valence-corrected chi connectivity index (χ1v) is 6.04. The molecule has 17 heavy (non-hydrogen) atoms. The van der Waals surface area contributed by atoms with Gasteiger partial charge >= 0.3 is 0 Å². The Balaban J connectivity index is 3.04. The molecule has 0 unspecified atom stereocenters. The molecule has 0 saturated carbocycles. The highest BCUT2D eigenvalue weighted by Crippen LogP contribution is 2.24. The van der Waals surface area contributed by atoms with Crippen LogP contribution in [0.5, 0.6) is 0 Å². The van der Waals surface area contributed by atoms with Crippen LogP contribution in [-0.2, 0) is 0 Å². The molecule has 0 aromatic rings. The normalized spacial score (nSPS) is 18.8. The molecule has 1 heteroatoms. The van der Waals surface area contributed by atoms with Gasteiger partial charge in [0.25, 0.3) is 0 Å². The van der Waals surface area contributed by atoms with Crippen LogP contribution in [0.15, 0.2) is 46.7 Å². The second kappa shape index (κ2) is 6.81.